The van der Waals surface area contributed by atoms with Crippen molar-refractivity contribution in [3.05, 3.63) is 266 Å². The Hall–Kier alpha value is -14.7. The first-order chi connectivity index (χ1) is 65.9. The van der Waals surface area contributed by atoms with Gasteiger partial charge < -0.3 is 50.3 Å². The molecule has 0 aromatic heterocycles. The van der Waals surface area contributed by atoms with E-state index in [2.05, 4.69) is 21.2 Å². The summed E-state index contributed by atoms with van der Waals surface area (Å²) < 4.78 is 41.5. The number of nitrogens with two attached hydrogens (primary N) is 1. The van der Waals surface area contributed by atoms with Gasteiger partial charge in [-0.1, -0.05) is 116 Å². The summed E-state index contributed by atoms with van der Waals surface area (Å²) in [6, 6.07) is 51.6. The third kappa shape index (κ3) is 18.4. The lowest BCUT2D eigenvalue weighted by molar-refractivity contribution is 0.0231. The van der Waals surface area contributed by atoms with E-state index in [1.54, 1.807) is 84.9 Å². The Morgan fingerprint density at radius 3 is 0.897 bits per heavy atom. The number of imide groups is 6. The highest BCUT2D eigenvalue weighted by molar-refractivity contribution is 6.46. The number of nitrogens with zero attached hydrogens (tertiary/aromatic N) is 8. The third-order valence-corrected chi connectivity index (χ3v) is 26.4. The fraction of sp³-hybridized carbons (Fsp3) is 0.352. The van der Waals surface area contributed by atoms with Crippen LogP contribution in [0.25, 0.3) is 0 Å². The number of amides is 12. The third-order valence-electron chi connectivity index (χ3n) is 26.4. The summed E-state index contributed by atoms with van der Waals surface area (Å²) in [6.07, 6.45) is 7.11. The Balaban J connectivity index is 0.775. The van der Waals surface area contributed by atoms with E-state index in [-0.39, 0.29) is 205 Å². The molecule has 5 atom stereocenters. The molecule has 17 rings (SSSR count). The van der Waals surface area contributed by atoms with Crippen molar-refractivity contribution in [1.82, 2.24) is 45.3 Å². The van der Waals surface area contributed by atoms with Crippen LogP contribution in [0.2, 0.25) is 0 Å². The molecule has 1 saturated heterocycles. The molecule has 1 aliphatic carbocycles. The minimum absolute atomic E-state index is 0.0817. The van der Waals surface area contributed by atoms with Crippen LogP contribution in [0.4, 0.5) is 17.1 Å². The predicted octanol–water partition coefficient (Wildman–Crippen LogP) is 14.8. The Morgan fingerprint density at radius 2 is 0.588 bits per heavy atom. The molecule has 2 fully saturated rings. The maximum atomic E-state index is 14.2. The van der Waals surface area contributed by atoms with Gasteiger partial charge in [0.05, 0.1) is 101 Å². The first-order valence-corrected chi connectivity index (χ1v) is 46.9. The van der Waals surface area contributed by atoms with Crippen molar-refractivity contribution in [3.8, 4) is 34.5 Å². The number of nitrogen functional groups attached to an aromatic ring is 1. The summed E-state index contributed by atoms with van der Waals surface area (Å²) in [6.45, 7) is 10.8. The quantitative estimate of drug-likeness (QED) is 0.0102. The molecular weight excluding hydrogens is 1730 g/mol. The number of ether oxygens (including phenoxy) is 6. The molecule has 12 amide bonds. The van der Waals surface area contributed by atoms with Crippen molar-refractivity contribution in [1.29, 1.82) is 5.41 Å². The number of carbonyl (C=O) groups is 12. The number of hydrogen-bond donors (Lipinski definition) is 5. The molecule has 6 N–H and O–H groups in total. The van der Waals surface area contributed by atoms with Gasteiger partial charge in [-0.25, -0.2) is 5.01 Å². The van der Waals surface area contributed by atoms with Gasteiger partial charge in [-0.05, 0) is 195 Å². The topological polar surface area (TPSA) is 381 Å². The lowest BCUT2D eigenvalue weighted by atomic mass is 9.73. The fourth-order valence-corrected chi connectivity index (χ4v) is 18.6. The normalized spacial score (nSPS) is 18.3. The van der Waals surface area contributed by atoms with E-state index in [1.807, 2.05) is 108 Å². The van der Waals surface area contributed by atoms with Crippen molar-refractivity contribution < 1.29 is 86.0 Å². The molecule has 9 aromatic rings. The average Bonchev–Trinajstić information content (AvgIpc) is 1.53. The van der Waals surface area contributed by atoms with Crippen LogP contribution in [0.1, 0.15) is 259 Å². The number of unbranched alkanes of at least 4 members (excludes halogenated alkanes) is 5. The minimum atomic E-state index is -1.49. The van der Waals surface area contributed by atoms with Crippen molar-refractivity contribution in [2.24, 2.45) is 15.9 Å². The average molecular weight is 1840 g/mol. The number of para-hydroxylation sites is 1. The number of hydrazine groups is 1. The molecule has 1 saturated carbocycles. The van der Waals surface area contributed by atoms with Crippen LogP contribution in [-0.2, 0) is 0 Å². The molecule has 8 aliphatic rings. The molecule has 0 bridgehead atoms. The smallest absolute Gasteiger partial charge is 0.261 e. The van der Waals surface area contributed by atoms with Gasteiger partial charge >= 0.3 is 0 Å². The number of anilines is 3. The van der Waals surface area contributed by atoms with Crippen LogP contribution in [-0.4, -0.2) is 221 Å². The maximum absolute atomic E-state index is 14.2. The Kier molecular flexibility index (Phi) is 27.3. The zero-order valence-electron chi connectivity index (χ0n) is 76.9. The predicted molar refractivity (Wildman–Crippen MR) is 507 cm³/mol. The van der Waals surface area contributed by atoms with Gasteiger partial charge in [-0.3, -0.25) is 92.4 Å². The summed E-state index contributed by atoms with van der Waals surface area (Å²) >= 11 is 0. The summed E-state index contributed by atoms with van der Waals surface area (Å²) in [5.41, 5.74) is 16.8. The van der Waals surface area contributed by atoms with Crippen LogP contribution in [0.15, 0.2) is 193 Å². The molecular formula is C105H109N13O18. The zero-order valence-corrected chi connectivity index (χ0v) is 76.9. The second-order valence-electron chi connectivity index (χ2n) is 36.0. The molecule has 136 heavy (non-hydrogen) atoms. The number of hydrazone groups is 1. The van der Waals surface area contributed by atoms with Crippen molar-refractivity contribution >= 4 is 99.4 Å². The highest BCUT2D eigenvalue weighted by Gasteiger charge is 2.64. The Labute approximate surface area is 787 Å². The van der Waals surface area contributed by atoms with Gasteiger partial charge in [0.1, 0.15) is 74.1 Å². The van der Waals surface area contributed by atoms with Crippen LogP contribution < -0.4 is 50.3 Å². The van der Waals surface area contributed by atoms with Gasteiger partial charge in [0.15, 0.2) is 0 Å². The lowest BCUT2D eigenvalue weighted by Gasteiger charge is -2.34. The SMILES string of the molecule is CCCCN1C(=O)c2ccc(OCC(CN/N=C3\C(=N)C(c4ccc(Nc5ccccc5)cc4)C4C(C3c3ccc(N)cc3)N4NCC(COc3ccc4c(c3)C(=O)N(CCC)C4=O)(COc3ccc4c(c3)C(=O)N(CCCC)C4=O)COc3ccc4c(c3)C(=O)N(CCCC)C4=O)(COc3ccc4c(c3)C(=O)N(CCCC)C4=O)COc3ccc4c(c3)C(=O)N(CCCC)C4=O)cc2C1=O. The Bertz CT molecular complexity index is 5990. The summed E-state index contributed by atoms with van der Waals surface area (Å²) in [5, 5.41) is 21.9. The number of benzene rings is 9. The van der Waals surface area contributed by atoms with E-state index in [0.717, 1.165) is 43.5 Å². The second-order valence-corrected chi connectivity index (χ2v) is 36.0. The summed E-state index contributed by atoms with van der Waals surface area (Å²) in [4.78, 5) is 176. The number of nitrogens with one attached hydrogen (secondary N) is 4. The van der Waals surface area contributed by atoms with E-state index in [4.69, 9.17) is 39.3 Å². The van der Waals surface area contributed by atoms with E-state index >= 15 is 0 Å². The molecule has 31 heteroatoms. The van der Waals surface area contributed by atoms with Crippen LogP contribution in [0.5, 0.6) is 34.5 Å². The van der Waals surface area contributed by atoms with E-state index in [0.29, 0.717) is 55.3 Å². The van der Waals surface area contributed by atoms with E-state index in [9.17, 15) is 62.9 Å². The maximum Gasteiger partial charge on any atom is 0.261 e. The van der Waals surface area contributed by atoms with Crippen LogP contribution in [0.3, 0.4) is 0 Å². The van der Waals surface area contributed by atoms with Crippen LogP contribution >= 0.6 is 0 Å². The molecule has 0 spiro atoms. The van der Waals surface area contributed by atoms with Gasteiger partial charge in [-0.15, -0.1) is 0 Å². The largest absolute Gasteiger partial charge is 0.493 e. The Morgan fingerprint density at radius 1 is 0.316 bits per heavy atom. The molecule has 5 unspecified atom stereocenters. The first-order valence-electron chi connectivity index (χ1n) is 46.9. The molecule has 702 valence electrons. The van der Waals surface area contributed by atoms with Gasteiger partial charge in [-0.2, -0.15) is 5.10 Å². The molecule has 7 heterocycles. The van der Waals surface area contributed by atoms with Gasteiger partial charge in [0.25, 0.3) is 70.9 Å². The van der Waals surface area contributed by atoms with Crippen LogP contribution in [0, 0.1) is 16.2 Å². The number of carbonyl (C=O) groups excluding carboxylic acids is 12. The number of hydrogen-bond acceptors (Lipinski definition) is 25. The standard InChI is InChI=1S/C105H109N13O18/c1-7-13-44-113-93(120)75-38-32-68(50-81(75)99(113)126)131-57-104(58-132-69-33-39-76-82(51-69)100(127)114(94(76)121)45-14-8-2,59-133-70-34-40-77-83(52-70)101(128)115(95(77)122)46-15-9-3)55-108-111-89-87(64-23-27-65(106)28-24-64)91-90(86(88(89)107)63-25-29-67(30-26-63)110-66-21-19-18-20-22-66)118(91)109-56-105(60-134-71-31-37-74-80(49-71)98(125)112(43-12-6)92(74)119,61-135-72-35-41-78-84(53-72)102(129)116(96(78)123)47-16-10-4)62-136-73-36-42-79-85(54-73)103(130)117(97(79)124)48-17-11-5/h18-42,49-54,86-87,90-91,107-110H,7-17,43-48,55-62,106H2,1-6H3/b107-88?,111-89-. The summed E-state index contributed by atoms with van der Waals surface area (Å²) in [5.74, 6) is -5.90. The minimum Gasteiger partial charge on any atom is -0.493 e. The monoisotopic (exact) mass is 1840 g/mol. The first kappa shape index (κ1) is 93.1. The van der Waals surface area contributed by atoms with Crippen molar-refractivity contribution in [2.45, 2.75) is 136 Å². The van der Waals surface area contributed by atoms with Gasteiger partial charge in [0.2, 0.25) is 0 Å². The number of rotatable bonds is 45. The number of fused-ring (bicyclic) bond motifs is 7. The lowest BCUT2D eigenvalue weighted by Crippen LogP contribution is -2.50. The molecule has 0 radical (unpaired) electrons. The van der Waals surface area contributed by atoms with Crippen molar-refractivity contribution in [2.75, 3.05) is 103 Å². The highest BCUT2D eigenvalue weighted by Crippen LogP contribution is 2.52. The molecule has 7 aliphatic heterocycles. The molecule has 31 nitrogen and oxygen atoms in total. The highest BCUT2D eigenvalue weighted by atomic mass is 16.5. The zero-order chi connectivity index (χ0) is 95.4. The molecule has 9 aromatic carbocycles. The van der Waals surface area contributed by atoms with E-state index < -0.39 is 106 Å². The van der Waals surface area contributed by atoms with E-state index in [1.165, 1.54) is 65.8 Å². The van der Waals surface area contributed by atoms with Gasteiger partial charge in [0, 0.05) is 81.3 Å². The fourth-order valence-electron chi connectivity index (χ4n) is 18.6. The van der Waals surface area contributed by atoms with Crippen molar-refractivity contribution in [3.63, 3.8) is 0 Å². The second kappa shape index (κ2) is 39.8. The summed E-state index contributed by atoms with van der Waals surface area (Å²) in [7, 11) is 0.